The molecular formula is C19H17N3O4. The molecule has 0 bridgehead atoms. The van der Waals surface area contributed by atoms with Crippen LogP contribution in [0.25, 0.3) is 0 Å². The van der Waals surface area contributed by atoms with Crippen molar-refractivity contribution in [3.05, 3.63) is 66.4 Å². The lowest BCUT2D eigenvalue weighted by Crippen LogP contribution is -2.18. The standard InChI is InChI=1S/C19H17N3O4/c20-12-14(13-21-11-10-18(23)24)19(25)22-15-6-8-17(9-7-15)26-16-4-2-1-3-5-16/h1-9,13,21H,10-11H2,(H,22,25)(H,23,24)/b14-13-. The SMILES string of the molecule is N#C/C(=C/NCCC(=O)O)C(=O)Nc1ccc(Oc2ccccc2)cc1. The minimum Gasteiger partial charge on any atom is -0.481 e. The number of rotatable bonds is 8. The maximum Gasteiger partial charge on any atom is 0.305 e. The maximum absolute atomic E-state index is 12.1. The van der Waals surface area contributed by atoms with Crippen LogP contribution in [0.15, 0.2) is 66.4 Å². The van der Waals surface area contributed by atoms with Crippen molar-refractivity contribution in [1.29, 1.82) is 5.26 Å². The third-order valence-electron chi connectivity index (χ3n) is 3.19. The Morgan fingerprint density at radius 1 is 1.08 bits per heavy atom. The first-order valence-corrected chi connectivity index (χ1v) is 7.78. The van der Waals surface area contributed by atoms with E-state index in [4.69, 9.17) is 15.1 Å². The zero-order chi connectivity index (χ0) is 18.8. The van der Waals surface area contributed by atoms with Gasteiger partial charge in [0.25, 0.3) is 5.91 Å². The van der Waals surface area contributed by atoms with E-state index in [1.54, 1.807) is 30.3 Å². The van der Waals surface area contributed by atoms with E-state index in [2.05, 4.69) is 10.6 Å². The van der Waals surface area contributed by atoms with E-state index in [1.165, 1.54) is 6.20 Å². The van der Waals surface area contributed by atoms with E-state index >= 15 is 0 Å². The fourth-order valence-electron chi connectivity index (χ4n) is 1.93. The molecule has 0 saturated carbocycles. The number of para-hydroxylation sites is 1. The number of carbonyl (C=O) groups excluding carboxylic acids is 1. The summed E-state index contributed by atoms with van der Waals surface area (Å²) in [6, 6.07) is 17.8. The number of benzene rings is 2. The second kappa shape index (κ2) is 9.49. The molecule has 0 unspecified atom stereocenters. The lowest BCUT2D eigenvalue weighted by molar-refractivity contribution is -0.136. The molecule has 0 saturated heterocycles. The molecule has 0 aliphatic heterocycles. The number of nitrogens with zero attached hydrogens (tertiary/aromatic N) is 1. The number of carboxylic acids is 1. The number of hydrogen-bond acceptors (Lipinski definition) is 5. The van der Waals surface area contributed by atoms with Gasteiger partial charge >= 0.3 is 5.97 Å². The lowest BCUT2D eigenvalue weighted by Gasteiger charge is -2.08. The number of carbonyl (C=O) groups is 2. The molecule has 0 atom stereocenters. The Kier molecular flexibility index (Phi) is 6.77. The van der Waals surface area contributed by atoms with Crippen LogP contribution >= 0.6 is 0 Å². The van der Waals surface area contributed by atoms with E-state index in [0.29, 0.717) is 17.2 Å². The first-order chi connectivity index (χ1) is 12.6. The summed E-state index contributed by atoms with van der Waals surface area (Å²) in [4.78, 5) is 22.5. The van der Waals surface area contributed by atoms with Gasteiger partial charge < -0.3 is 20.5 Å². The number of nitrogens with one attached hydrogen (secondary N) is 2. The monoisotopic (exact) mass is 351 g/mol. The van der Waals surface area contributed by atoms with E-state index in [-0.39, 0.29) is 18.5 Å². The lowest BCUT2D eigenvalue weighted by atomic mass is 10.2. The highest BCUT2D eigenvalue weighted by atomic mass is 16.5. The van der Waals surface area contributed by atoms with Gasteiger partial charge in [-0.25, -0.2) is 0 Å². The largest absolute Gasteiger partial charge is 0.481 e. The number of amides is 1. The van der Waals surface area contributed by atoms with Crippen LogP contribution in [0.5, 0.6) is 11.5 Å². The smallest absolute Gasteiger partial charge is 0.305 e. The Balaban J connectivity index is 1.92. The topological polar surface area (TPSA) is 111 Å². The quantitative estimate of drug-likeness (QED) is 0.383. The Morgan fingerprint density at radius 3 is 2.35 bits per heavy atom. The van der Waals surface area contributed by atoms with Crippen molar-refractivity contribution in [3.63, 3.8) is 0 Å². The normalized spacial score (nSPS) is 10.5. The van der Waals surface area contributed by atoms with E-state index in [1.807, 2.05) is 30.3 Å². The van der Waals surface area contributed by atoms with Crippen molar-refractivity contribution in [2.75, 3.05) is 11.9 Å². The Bertz CT molecular complexity index is 824. The van der Waals surface area contributed by atoms with E-state index < -0.39 is 11.9 Å². The van der Waals surface area contributed by atoms with Gasteiger partial charge in [-0.15, -0.1) is 0 Å². The van der Waals surface area contributed by atoms with Crippen molar-refractivity contribution < 1.29 is 19.4 Å². The molecule has 1 amide bonds. The third-order valence-corrected chi connectivity index (χ3v) is 3.19. The Labute approximate surface area is 150 Å². The molecule has 3 N–H and O–H groups in total. The summed E-state index contributed by atoms with van der Waals surface area (Å²) in [7, 11) is 0. The first kappa shape index (κ1) is 18.5. The highest BCUT2D eigenvalue weighted by Gasteiger charge is 2.09. The van der Waals surface area contributed by atoms with Crippen molar-refractivity contribution in [1.82, 2.24) is 5.32 Å². The van der Waals surface area contributed by atoms with Crippen LogP contribution in [0.2, 0.25) is 0 Å². The molecule has 0 fully saturated rings. The summed E-state index contributed by atoms with van der Waals surface area (Å²) in [5.41, 5.74) is 0.349. The molecule has 0 heterocycles. The van der Waals surface area contributed by atoms with Gasteiger partial charge in [0.05, 0.1) is 6.42 Å². The second-order valence-corrected chi connectivity index (χ2v) is 5.16. The summed E-state index contributed by atoms with van der Waals surface area (Å²) in [6.45, 7) is 0.124. The van der Waals surface area contributed by atoms with Crippen LogP contribution in [0.3, 0.4) is 0 Å². The Morgan fingerprint density at radius 2 is 1.73 bits per heavy atom. The molecular weight excluding hydrogens is 334 g/mol. The van der Waals surface area contributed by atoms with Crippen LogP contribution in [0.1, 0.15) is 6.42 Å². The fourth-order valence-corrected chi connectivity index (χ4v) is 1.93. The number of ether oxygens (including phenoxy) is 1. The molecule has 0 radical (unpaired) electrons. The van der Waals surface area contributed by atoms with E-state index in [9.17, 15) is 9.59 Å². The second-order valence-electron chi connectivity index (χ2n) is 5.16. The number of nitriles is 1. The zero-order valence-electron chi connectivity index (χ0n) is 13.8. The zero-order valence-corrected chi connectivity index (χ0v) is 13.8. The number of aliphatic carboxylic acids is 1. The molecule has 132 valence electrons. The van der Waals surface area contributed by atoms with Gasteiger partial charge in [-0.1, -0.05) is 18.2 Å². The first-order valence-electron chi connectivity index (χ1n) is 7.78. The summed E-state index contributed by atoms with van der Waals surface area (Å²) in [5, 5.41) is 22.8. The van der Waals surface area contributed by atoms with Gasteiger partial charge in [-0.05, 0) is 36.4 Å². The average Bonchev–Trinajstić information content (AvgIpc) is 2.64. The van der Waals surface area contributed by atoms with Crippen molar-refractivity contribution in [3.8, 4) is 17.6 Å². The number of anilines is 1. The van der Waals surface area contributed by atoms with Crippen LogP contribution in [-0.4, -0.2) is 23.5 Å². The van der Waals surface area contributed by atoms with Crippen LogP contribution in [0.4, 0.5) is 5.69 Å². The van der Waals surface area contributed by atoms with Crippen molar-refractivity contribution in [2.24, 2.45) is 0 Å². The molecule has 0 spiro atoms. The van der Waals surface area contributed by atoms with Crippen molar-refractivity contribution >= 4 is 17.6 Å². The fraction of sp³-hybridized carbons (Fsp3) is 0.105. The maximum atomic E-state index is 12.1. The molecule has 2 aromatic rings. The van der Waals surface area contributed by atoms with Gasteiger partial charge in [0.2, 0.25) is 0 Å². The van der Waals surface area contributed by atoms with Gasteiger partial charge in [-0.3, -0.25) is 9.59 Å². The van der Waals surface area contributed by atoms with Gasteiger partial charge in [0, 0.05) is 18.4 Å². The van der Waals surface area contributed by atoms with Gasteiger partial charge in [-0.2, -0.15) is 5.26 Å². The molecule has 26 heavy (non-hydrogen) atoms. The third kappa shape index (κ3) is 6.02. The summed E-state index contributed by atoms with van der Waals surface area (Å²) < 4.78 is 5.66. The summed E-state index contributed by atoms with van der Waals surface area (Å²) in [5.74, 6) is -0.245. The van der Waals surface area contributed by atoms with Crippen LogP contribution in [-0.2, 0) is 9.59 Å². The molecule has 2 aromatic carbocycles. The minimum absolute atomic E-state index is 0.111. The Hall–Kier alpha value is -3.79. The molecule has 0 aromatic heterocycles. The molecule has 7 nitrogen and oxygen atoms in total. The molecule has 0 aliphatic rings. The van der Waals surface area contributed by atoms with Gasteiger partial charge in [0.15, 0.2) is 0 Å². The van der Waals surface area contributed by atoms with Crippen molar-refractivity contribution in [2.45, 2.75) is 6.42 Å². The predicted molar refractivity (Wildman–Crippen MR) is 95.5 cm³/mol. The molecule has 2 rings (SSSR count). The highest BCUT2D eigenvalue weighted by Crippen LogP contribution is 2.22. The number of hydrogen-bond donors (Lipinski definition) is 3. The average molecular weight is 351 g/mol. The van der Waals surface area contributed by atoms with Crippen LogP contribution in [0, 0.1) is 11.3 Å². The summed E-state index contributed by atoms with van der Waals surface area (Å²) >= 11 is 0. The highest BCUT2D eigenvalue weighted by molar-refractivity contribution is 6.06. The van der Waals surface area contributed by atoms with Crippen LogP contribution < -0.4 is 15.4 Å². The molecule has 7 heteroatoms. The predicted octanol–water partition coefficient (Wildman–Crippen LogP) is 2.89. The van der Waals surface area contributed by atoms with E-state index in [0.717, 1.165) is 0 Å². The minimum atomic E-state index is -0.966. The summed E-state index contributed by atoms with van der Waals surface area (Å²) in [6.07, 6.45) is 1.09. The molecule has 0 aliphatic carbocycles. The number of carboxylic acid groups (broad SMARTS) is 1. The van der Waals surface area contributed by atoms with Gasteiger partial charge in [0.1, 0.15) is 23.1 Å².